The molecule has 0 aliphatic rings. The molecule has 6 aromatic rings. The van der Waals surface area contributed by atoms with Gasteiger partial charge in [0.25, 0.3) is 0 Å². The maximum Gasteiger partial charge on any atom is 0.305 e. The quantitative estimate of drug-likeness (QED) is 0.0155. The topological polar surface area (TPSA) is 507 Å². The highest BCUT2D eigenvalue weighted by Gasteiger charge is 2.43. The molecule has 0 saturated heterocycles. The normalized spacial score (nSPS) is 14.2. The average molecular weight is 1420 g/mol. The second-order valence-electron chi connectivity index (χ2n) is 24.8. The number of aliphatic hydroxyl groups is 3. The number of aromatic amines is 2. The number of aryl methyl sites for hydroxylation is 1. The first-order valence-electron chi connectivity index (χ1n) is 32.8. The monoisotopic (exact) mass is 1420 g/mol. The van der Waals surface area contributed by atoms with Gasteiger partial charge in [-0.15, -0.1) is 10.2 Å². The Bertz CT molecular complexity index is 3830. The maximum absolute atomic E-state index is 15.4. The van der Waals surface area contributed by atoms with Crippen LogP contribution >= 0.6 is 0 Å². The van der Waals surface area contributed by atoms with Crippen LogP contribution in [-0.4, -0.2) is 203 Å². The molecule has 0 saturated carbocycles. The SMILES string of the molecule is CCc1cc(OCCCCN)ccc1-c1ccc(C[C@H](NC(=O)[C@H](CC(=O)O)NC(=O)[C@H](CO)NC(=O)[C@@H](NC(=O)[C@](C)(Cc2ccccc2F)NC(=O)[C@@H](NC(=O)CNC(=O)[C@H](Cc2nn[nH]n2)NC(=O)C(C)(C)C(=O)NCCc2cnc[nH]2)[C@@H](C)O)[C@@H](C)O)C(=O)Nc2ccccc2)cc1. The Hall–Kier alpha value is -11.1. The van der Waals surface area contributed by atoms with E-state index in [0.717, 1.165) is 62.1 Å². The minimum atomic E-state index is -2.37. The third-order valence-corrected chi connectivity index (χ3v) is 16.3. The number of aliphatic carboxylic acids is 1. The van der Waals surface area contributed by atoms with Gasteiger partial charge in [0.15, 0.2) is 5.82 Å². The zero-order chi connectivity index (χ0) is 74.7. The van der Waals surface area contributed by atoms with Crippen molar-refractivity contribution in [2.75, 3.05) is 38.2 Å². The first-order chi connectivity index (χ1) is 48.5. The predicted molar refractivity (Wildman–Crippen MR) is 365 cm³/mol. The van der Waals surface area contributed by atoms with Crippen LogP contribution in [0.4, 0.5) is 10.1 Å². The number of benzene rings is 4. The van der Waals surface area contributed by atoms with Crippen LogP contribution in [0.15, 0.2) is 110 Å². The number of ether oxygens (including phenoxy) is 1. The molecular formula is C68H88FN17O16. The van der Waals surface area contributed by atoms with Crippen molar-refractivity contribution in [3.63, 3.8) is 0 Å². The van der Waals surface area contributed by atoms with E-state index in [1.54, 1.807) is 48.7 Å². The van der Waals surface area contributed by atoms with E-state index in [-0.39, 0.29) is 24.4 Å². The van der Waals surface area contributed by atoms with E-state index in [1.165, 1.54) is 38.4 Å². The Morgan fingerprint density at radius 3 is 1.96 bits per heavy atom. The summed E-state index contributed by atoms with van der Waals surface area (Å²) in [4.78, 5) is 158. The molecule has 18 N–H and O–H groups in total. The summed E-state index contributed by atoms with van der Waals surface area (Å²) in [6.07, 6.45) is -0.265. The molecule has 2 aromatic heterocycles. The van der Waals surface area contributed by atoms with E-state index >= 15 is 4.39 Å². The number of para-hydroxylation sites is 1. The summed E-state index contributed by atoms with van der Waals surface area (Å²) >= 11 is 0. The number of aromatic nitrogens is 6. The molecule has 548 valence electrons. The molecular weight excluding hydrogens is 1330 g/mol. The number of carboxylic acids is 1. The molecule has 0 fully saturated rings. The van der Waals surface area contributed by atoms with E-state index in [2.05, 4.69) is 83.8 Å². The van der Waals surface area contributed by atoms with Crippen LogP contribution in [0, 0.1) is 11.2 Å². The summed E-state index contributed by atoms with van der Waals surface area (Å²) in [5.41, 5.74) is 5.72. The third-order valence-electron chi connectivity index (χ3n) is 16.3. The lowest BCUT2D eigenvalue weighted by Crippen LogP contribution is -2.67. The molecule has 4 aromatic carbocycles. The number of tetrazole rings is 1. The summed E-state index contributed by atoms with van der Waals surface area (Å²) in [5.74, 6) is -12.8. The Morgan fingerprint density at radius 2 is 1.33 bits per heavy atom. The van der Waals surface area contributed by atoms with Crippen LogP contribution in [0.3, 0.4) is 0 Å². The van der Waals surface area contributed by atoms with Gasteiger partial charge in [-0.1, -0.05) is 78.9 Å². The number of nitrogens with two attached hydrogens (primary N) is 1. The van der Waals surface area contributed by atoms with Gasteiger partial charge >= 0.3 is 5.97 Å². The van der Waals surface area contributed by atoms with Gasteiger partial charge < -0.3 is 89.0 Å². The number of carbonyl (C=O) groups excluding carboxylic acids is 10. The maximum atomic E-state index is 15.4. The minimum absolute atomic E-state index is 0.0575. The van der Waals surface area contributed by atoms with Gasteiger partial charge in [0.05, 0.1) is 44.7 Å². The van der Waals surface area contributed by atoms with Crippen molar-refractivity contribution in [3.05, 3.63) is 144 Å². The van der Waals surface area contributed by atoms with Crippen LogP contribution in [0.5, 0.6) is 5.75 Å². The zero-order valence-electron chi connectivity index (χ0n) is 57.1. The number of imidazole rings is 1. The molecule has 6 rings (SSSR count). The van der Waals surface area contributed by atoms with Gasteiger partial charge in [0, 0.05) is 49.8 Å². The fraction of sp³-hybridized carbons (Fsp3) is 0.426. The van der Waals surface area contributed by atoms with E-state index in [4.69, 9.17) is 10.5 Å². The van der Waals surface area contributed by atoms with E-state index < -0.39 is 163 Å². The van der Waals surface area contributed by atoms with Gasteiger partial charge in [0.2, 0.25) is 59.1 Å². The number of nitrogens with zero attached hydrogens (tertiary/aromatic N) is 4. The number of anilines is 1. The number of nitrogens with one attached hydrogen (secondary N) is 12. The van der Waals surface area contributed by atoms with Gasteiger partial charge in [-0.3, -0.25) is 52.7 Å². The van der Waals surface area contributed by atoms with E-state index in [1.807, 2.05) is 37.3 Å². The minimum Gasteiger partial charge on any atom is -0.494 e. The van der Waals surface area contributed by atoms with E-state index in [9.17, 15) is 73.2 Å². The smallest absolute Gasteiger partial charge is 0.305 e. The number of hydrogen-bond acceptors (Lipinski definition) is 20. The number of unbranched alkanes of at least 4 members (excludes halogenated alkanes) is 1. The number of carboxylic acid groups (broad SMARTS) is 1. The fourth-order valence-electron chi connectivity index (χ4n) is 10.3. The zero-order valence-corrected chi connectivity index (χ0v) is 57.1. The van der Waals surface area contributed by atoms with Crippen LogP contribution in [0.2, 0.25) is 0 Å². The number of H-pyrrole nitrogens is 2. The number of amides is 10. The van der Waals surface area contributed by atoms with Crippen molar-refractivity contribution in [3.8, 4) is 16.9 Å². The highest BCUT2D eigenvalue weighted by Crippen LogP contribution is 2.29. The van der Waals surface area contributed by atoms with Crippen molar-refractivity contribution in [1.29, 1.82) is 0 Å². The fourth-order valence-corrected chi connectivity index (χ4v) is 10.3. The highest BCUT2D eigenvalue weighted by molar-refractivity contribution is 6.06. The largest absolute Gasteiger partial charge is 0.494 e. The summed E-state index contributed by atoms with van der Waals surface area (Å²) in [6, 6.07) is 15.2. The van der Waals surface area contributed by atoms with Crippen molar-refractivity contribution in [1.82, 2.24) is 78.4 Å². The summed E-state index contributed by atoms with van der Waals surface area (Å²) in [6.45, 7) is 6.88. The Kier molecular flexibility index (Phi) is 30.1. The number of halogens is 1. The molecule has 0 spiro atoms. The molecule has 9 atom stereocenters. The second-order valence-corrected chi connectivity index (χ2v) is 24.8. The second kappa shape index (κ2) is 38.5. The van der Waals surface area contributed by atoms with Crippen LogP contribution in [0.25, 0.3) is 11.1 Å². The summed E-state index contributed by atoms with van der Waals surface area (Å²) in [7, 11) is 0. The first kappa shape index (κ1) is 79.9. The highest BCUT2D eigenvalue weighted by atomic mass is 19.1. The molecule has 0 aliphatic heterocycles. The van der Waals surface area contributed by atoms with Gasteiger partial charge in [0.1, 0.15) is 58.8 Å². The van der Waals surface area contributed by atoms with Crippen LogP contribution in [0.1, 0.15) is 89.0 Å². The van der Waals surface area contributed by atoms with Gasteiger partial charge in [-0.05, 0) is 119 Å². The lowest BCUT2D eigenvalue weighted by molar-refractivity contribution is -0.143. The molecule has 10 amide bonds. The van der Waals surface area contributed by atoms with Crippen molar-refractivity contribution >= 4 is 70.7 Å². The lowest BCUT2D eigenvalue weighted by atomic mass is 9.90. The number of hydrogen-bond donors (Lipinski definition) is 17. The molecule has 102 heavy (non-hydrogen) atoms. The summed E-state index contributed by atoms with van der Waals surface area (Å²) < 4.78 is 21.4. The Balaban J connectivity index is 1.14. The molecule has 0 radical (unpaired) electrons. The van der Waals surface area contributed by atoms with Gasteiger partial charge in [-0.25, -0.2) is 9.37 Å². The van der Waals surface area contributed by atoms with Crippen molar-refractivity contribution < 1.29 is 82.3 Å². The molecule has 2 heterocycles. The number of rotatable bonds is 40. The molecule has 0 bridgehead atoms. The average Bonchev–Trinajstić information content (AvgIpc) is 0.856. The van der Waals surface area contributed by atoms with Crippen molar-refractivity contribution in [2.45, 2.75) is 147 Å². The summed E-state index contributed by atoms with van der Waals surface area (Å²) in [5, 5.41) is 79.6. The van der Waals surface area contributed by atoms with Crippen LogP contribution in [-0.2, 0) is 84.8 Å². The molecule has 0 aliphatic carbocycles. The van der Waals surface area contributed by atoms with Crippen LogP contribution < -0.4 is 63.6 Å². The first-order valence-corrected chi connectivity index (χ1v) is 32.8. The lowest BCUT2D eigenvalue weighted by Gasteiger charge is -2.34. The third kappa shape index (κ3) is 23.8. The Morgan fingerprint density at radius 1 is 0.676 bits per heavy atom. The van der Waals surface area contributed by atoms with E-state index in [0.29, 0.717) is 43.0 Å². The predicted octanol–water partition coefficient (Wildman–Crippen LogP) is -1.41. The van der Waals surface area contributed by atoms with Gasteiger partial charge in [-0.2, -0.15) is 5.21 Å². The van der Waals surface area contributed by atoms with Crippen molar-refractivity contribution in [2.24, 2.45) is 11.1 Å². The molecule has 34 heteroatoms. The molecule has 33 nitrogen and oxygen atoms in total. The standard InChI is InChI=1S/C68H88FN17O16/c1-7-41-30-46(102-28-14-13-26-70)23-24-47(41)42-21-19-40(20-22-42)29-49(59(94)75-44-16-9-8-10-17-44)76-60(95)51(32-55(91)92)77-61(96)52(36-87)78-62(97)56(38(2)88)81-66(101)68(6,33-43-15-11-12-18-48(43)69)82-63(98)57(39(3)89)80-54(90)35-73-58(93)50(31-53-83-85-86-84-53)79-65(100)67(4,5)64(99)72-27-25-45-34-71-37-74-45/h8-12,15-24,30,34,37-39,49-52,56-57,87-89H,7,13-14,25-29,31-33,35-36,70H2,1-6H3,(H,71,74)(H,72,99)(H,73,93)(H,75,94)(H,76,95)(H,77,96)(H,78,97)(H,79,100)(H,80,90)(H,81,101)(H,82,98)(H,91,92)(H,83,84,85,86)/t38-,39-,49+,50+,51+,52+,56+,57+,68+/m1/s1. The molecule has 0 unspecified atom stereocenters. The number of aliphatic hydroxyl groups excluding tert-OH is 3. The number of carbonyl (C=O) groups is 11. The Labute approximate surface area is 586 Å².